The molecule has 1 aliphatic heterocycles. The molecular weight excluding hydrogens is 300 g/mol. The molecule has 1 saturated heterocycles. The molecule has 1 aromatic rings. The number of aliphatic carboxylic acids is 1. The summed E-state index contributed by atoms with van der Waals surface area (Å²) in [6.45, 7) is -0.851. The number of carboxylic acids is 1. The van der Waals surface area contributed by atoms with Gasteiger partial charge >= 0.3 is 5.97 Å². The first kappa shape index (κ1) is 15.1. The summed E-state index contributed by atoms with van der Waals surface area (Å²) < 4.78 is 25.4. The zero-order valence-electron chi connectivity index (χ0n) is 10.8. The molecule has 112 valence electrons. The monoisotopic (exact) mass is 312 g/mol. The number of nitrogens with one attached hydrogen (secondary N) is 1. The summed E-state index contributed by atoms with van der Waals surface area (Å²) in [6, 6.07) is 5.27. The van der Waals surface area contributed by atoms with Gasteiger partial charge in [0.2, 0.25) is 21.8 Å². The number of benzene rings is 1. The van der Waals surface area contributed by atoms with Crippen molar-refractivity contribution in [2.24, 2.45) is 0 Å². The van der Waals surface area contributed by atoms with Crippen LogP contribution in [0, 0.1) is 0 Å². The minimum atomic E-state index is -3.97. The van der Waals surface area contributed by atoms with Crippen LogP contribution in [0.5, 0.6) is 0 Å². The topological polar surface area (TPSA) is 121 Å². The maximum atomic E-state index is 12.3. The number of carbonyl (C=O) groups is 3. The fraction of sp³-hybridized carbons (Fsp3) is 0.250. The van der Waals surface area contributed by atoms with Gasteiger partial charge < -0.3 is 5.11 Å². The third kappa shape index (κ3) is 3.44. The Labute approximate surface area is 120 Å². The third-order valence-corrected chi connectivity index (χ3v) is 4.64. The van der Waals surface area contributed by atoms with Crippen LogP contribution in [0.4, 0.5) is 0 Å². The number of hydrogen-bond donors (Lipinski definition) is 2. The predicted molar refractivity (Wildman–Crippen MR) is 69.7 cm³/mol. The van der Waals surface area contributed by atoms with E-state index in [1.807, 2.05) is 5.32 Å². The van der Waals surface area contributed by atoms with Crippen LogP contribution in [-0.2, 0) is 30.8 Å². The zero-order valence-corrected chi connectivity index (χ0v) is 11.6. The molecular formula is C12H12N2O6S. The van der Waals surface area contributed by atoms with Crippen molar-refractivity contribution in [3.63, 3.8) is 0 Å². The van der Waals surface area contributed by atoms with E-state index in [-0.39, 0.29) is 11.3 Å². The van der Waals surface area contributed by atoms with Crippen molar-refractivity contribution >= 4 is 27.8 Å². The number of amides is 2. The molecule has 1 aliphatic rings. The first-order valence-corrected chi connectivity index (χ1v) is 7.36. The molecule has 0 bridgehead atoms. The zero-order chi connectivity index (χ0) is 15.6. The van der Waals surface area contributed by atoms with E-state index in [1.165, 1.54) is 24.3 Å². The SMILES string of the molecule is O=C(O)Cc1ccc(S(=O)(=O)N2CC(=O)NC(=O)C2)cc1. The molecule has 21 heavy (non-hydrogen) atoms. The molecule has 2 amide bonds. The van der Waals surface area contributed by atoms with Crippen molar-refractivity contribution < 1.29 is 27.9 Å². The lowest BCUT2D eigenvalue weighted by Gasteiger charge is -2.24. The number of hydrogen-bond acceptors (Lipinski definition) is 5. The highest BCUT2D eigenvalue weighted by atomic mass is 32.2. The lowest BCUT2D eigenvalue weighted by Crippen LogP contribution is -2.53. The minimum absolute atomic E-state index is 0.0980. The summed E-state index contributed by atoms with van der Waals surface area (Å²) in [4.78, 5) is 32.9. The van der Waals surface area contributed by atoms with Gasteiger partial charge in [0.25, 0.3) is 0 Å². The van der Waals surface area contributed by atoms with Crippen LogP contribution in [0.1, 0.15) is 5.56 Å². The van der Waals surface area contributed by atoms with Gasteiger partial charge in [0.1, 0.15) is 0 Å². The second-order valence-electron chi connectivity index (χ2n) is 4.46. The molecule has 1 aromatic carbocycles. The molecule has 0 unspecified atom stereocenters. The predicted octanol–water partition coefficient (Wildman–Crippen LogP) is -1.04. The first-order chi connectivity index (χ1) is 9.79. The van der Waals surface area contributed by atoms with Gasteiger partial charge in [-0.15, -0.1) is 0 Å². The van der Waals surface area contributed by atoms with Crippen LogP contribution < -0.4 is 5.32 Å². The van der Waals surface area contributed by atoms with Crippen molar-refractivity contribution in [2.75, 3.05) is 13.1 Å². The summed E-state index contributed by atoms with van der Waals surface area (Å²) in [5.74, 6) is -2.39. The molecule has 0 saturated carbocycles. The molecule has 2 N–H and O–H groups in total. The van der Waals surface area contributed by atoms with E-state index in [2.05, 4.69) is 0 Å². The van der Waals surface area contributed by atoms with Gasteiger partial charge in [0, 0.05) is 0 Å². The summed E-state index contributed by atoms with van der Waals surface area (Å²) in [7, 11) is -3.97. The van der Waals surface area contributed by atoms with Gasteiger partial charge in [-0.2, -0.15) is 4.31 Å². The molecule has 1 fully saturated rings. The second-order valence-corrected chi connectivity index (χ2v) is 6.40. The molecule has 8 nitrogen and oxygen atoms in total. The van der Waals surface area contributed by atoms with Crippen LogP contribution >= 0.6 is 0 Å². The average molecular weight is 312 g/mol. The van der Waals surface area contributed by atoms with E-state index in [1.54, 1.807) is 0 Å². The molecule has 0 aromatic heterocycles. The van der Waals surface area contributed by atoms with Crippen molar-refractivity contribution in [1.82, 2.24) is 9.62 Å². The van der Waals surface area contributed by atoms with Gasteiger partial charge in [-0.3, -0.25) is 19.7 Å². The lowest BCUT2D eigenvalue weighted by atomic mass is 10.2. The fourth-order valence-electron chi connectivity index (χ4n) is 1.88. The Kier molecular flexibility index (Phi) is 4.05. The Morgan fingerprint density at radius 2 is 1.67 bits per heavy atom. The van der Waals surface area contributed by atoms with Gasteiger partial charge in [-0.1, -0.05) is 12.1 Å². The second kappa shape index (κ2) is 5.62. The Balaban J connectivity index is 2.25. The minimum Gasteiger partial charge on any atom is -0.481 e. The van der Waals surface area contributed by atoms with Crippen molar-refractivity contribution in [3.05, 3.63) is 29.8 Å². The Morgan fingerprint density at radius 3 is 2.14 bits per heavy atom. The van der Waals surface area contributed by atoms with Crippen molar-refractivity contribution in [1.29, 1.82) is 0 Å². The normalized spacial score (nSPS) is 16.6. The molecule has 1 heterocycles. The van der Waals surface area contributed by atoms with Crippen molar-refractivity contribution in [3.8, 4) is 0 Å². The summed E-state index contributed by atoms with van der Waals surface area (Å²) in [5.41, 5.74) is 0.453. The standard InChI is InChI=1S/C12H12N2O6S/c15-10-6-14(7-11(16)13-10)21(19,20)9-3-1-8(2-4-9)5-12(17)18/h1-4H,5-7H2,(H,17,18)(H,13,15,16). The summed E-state index contributed by atoms with van der Waals surface area (Å²) in [5, 5.41) is 10.7. The number of sulfonamides is 1. The maximum Gasteiger partial charge on any atom is 0.307 e. The van der Waals surface area contributed by atoms with E-state index < -0.39 is 40.9 Å². The number of piperazine rings is 1. The van der Waals surface area contributed by atoms with Crippen molar-refractivity contribution in [2.45, 2.75) is 11.3 Å². The van der Waals surface area contributed by atoms with Gasteiger partial charge in [-0.05, 0) is 17.7 Å². The average Bonchev–Trinajstić information content (AvgIpc) is 2.37. The molecule has 2 rings (SSSR count). The van der Waals surface area contributed by atoms with Crippen LogP contribution in [0.15, 0.2) is 29.2 Å². The van der Waals surface area contributed by atoms with Crippen LogP contribution in [-0.4, -0.2) is 48.7 Å². The number of imide groups is 1. The summed E-state index contributed by atoms with van der Waals surface area (Å²) >= 11 is 0. The van der Waals surface area contributed by atoms with E-state index in [0.29, 0.717) is 5.56 Å². The Bertz CT molecular complexity index is 679. The smallest absolute Gasteiger partial charge is 0.307 e. The van der Waals surface area contributed by atoms with E-state index in [0.717, 1.165) is 4.31 Å². The molecule has 0 radical (unpaired) electrons. The van der Waals surface area contributed by atoms with Crippen LogP contribution in [0.25, 0.3) is 0 Å². The number of carboxylic acid groups (broad SMARTS) is 1. The Morgan fingerprint density at radius 1 is 1.14 bits per heavy atom. The highest BCUT2D eigenvalue weighted by Crippen LogP contribution is 2.17. The largest absolute Gasteiger partial charge is 0.481 e. The number of rotatable bonds is 4. The quantitative estimate of drug-likeness (QED) is 0.685. The molecule has 9 heteroatoms. The maximum absolute atomic E-state index is 12.3. The third-order valence-electron chi connectivity index (χ3n) is 2.84. The van der Waals surface area contributed by atoms with E-state index in [9.17, 15) is 22.8 Å². The van der Waals surface area contributed by atoms with E-state index >= 15 is 0 Å². The molecule has 0 aliphatic carbocycles. The fourth-order valence-corrected chi connectivity index (χ4v) is 3.24. The van der Waals surface area contributed by atoms with Gasteiger partial charge in [-0.25, -0.2) is 8.42 Å². The van der Waals surface area contributed by atoms with Crippen LogP contribution in [0.3, 0.4) is 0 Å². The summed E-state index contributed by atoms with van der Waals surface area (Å²) in [6.07, 6.45) is -0.217. The van der Waals surface area contributed by atoms with Gasteiger partial charge in [0.05, 0.1) is 24.4 Å². The highest BCUT2D eigenvalue weighted by Gasteiger charge is 2.32. The number of nitrogens with zero attached hydrogens (tertiary/aromatic N) is 1. The lowest BCUT2D eigenvalue weighted by molar-refractivity contribution is -0.136. The first-order valence-electron chi connectivity index (χ1n) is 5.92. The van der Waals surface area contributed by atoms with E-state index in [4.69, 9.17) is 5.11 Å². The highest BCUT2D eigenvalue weighted by molar-refractivity contribution is 7.89. The van der Waals surface area contributed by atoms with Gasteiger partial charge in [0.15, 0.2) is 0 Å². The molecule has 0 spiro atoms. The van der Waals surface area contributed by atoms with Crippen LogP contribution in [0.2, 0.25) is 0 Å². The molecule has 0 atom stereocenters. The number of carbonyl (C=O) groups excluding carboxylic acids is 2. The Hall–Kier alpha value is -2.26.